The van der Waals surface area contributed by atoms with Gasteiger partial charge in [-0.1, -0.05) is 19.1 Å². The van der Waals surface area contributed by atoms with Gasteiger partial charge >= 0.3 is 5.97 Å². The summed E-state index contributed by atoms with van der Waals surface area (Å²) in [7, 11) is -1.96. The van der Waals surface area contributed by atoms with Gasteiger partial charge in [0.25, 0.3) is 0 Å². The number of hydrogen-bond donors (Lipinski definition) is 0. The van der Waals surface area contributed by atoms with Crippen molar-refractivity contribution >= 4 is 33.0 Å². The van der Waals surface area contributed by atoms with Crippen molar-refractivity contribution in [1.29, 1.82) is 0 Å². The third-order valence-electron chi connectivity index (χ3n) is 8.43. The molecule has 0 N–H and O–H groups in total. The lowest BCUT2D eigenvalue weighted by Gasteiger charge is -2.30. The second-order valence-corrected chi connectivity index (χ2v) is 14.2. The highest BCUT2D eigenvalue weighted by atomic mass is 32.2. The molecule has 0 saturated carbocycles. The second kappa shape index (κ2) is 12.1. The third kappa shape index (κ3) is 5.78. The van der Waals surface area contributed by atoms with Crippen molar-refractivity contribution in [2.45, 2.75) is 39.0 Å². The number of fused-ring (bicyclic) bond motifs is 1. The Morgan fingerprint density at radius 3 is 2.36 bits per heavy atom. The number of ether oxygens (including phenoxy) is 1. The summed E-state index contributed by atoms with van der Waals surface area (Å²) in [5.41, 5.74) is 5.61. The number of esters is 1. The predicted molar refractivity (Wildman–Crippen MR) is 171 cm³/mol. The van der Waals surface area contributed by atoms with E-state index in [1.165, 1.54) is 41.9 Å². The van der Waals surface area contributed by atoms with Gasteiger partial charge in [-0.25, -0.2) is 36.3 Å². The van der Waals surface area contributed by atoms with E-state index in [2.05, 4.69) is 4.98 Å². The van der Waals surface area contributed by atoms with Gasteiger partial charge in [-0.15, -0.1) is 11.3 Å². The molecular formula is C33H32F2N4O4S2. The molecule has 8 nitrogen and oxygen atoms in total. The van der Waals surface area contributed by atoms with Gasteiger partial charge in [-0.2, -0.15) is 0 Å². The first kappa shape index (κ1) is 31.0. The summed E-state index contributed by atoms with van der Waals surface area (Å²) in [5, 5.41) is 0.304. The summed E-state index contributed by atoms with van der Waals surface area (Å²) in [6.07, 6.45) is 5.35. The minimum atomic E-state index is -3.22. The largest absolute Gasteiger partial charge is 0.465 e. The summed E-state index contributed by atoms with van der Waals surface area (Å²) in [4.78, 5) is 22.3. The lowest BCUT2D eigenvalue weighted by Crippen LogP contribution is -2.37. The molecule has 0 unspecified atom stereocenters. The lowest BCUT2D eigenvalue weighted by molar-refractivity contribution is 0.0607. The van der Waals surface area contributed by atoms with E-state index in [4.69, 9.17) is 9.72 Å². The monoisotopic (exact) mass is 650 g/mol. The molecule has 45 heavy (non-hydrogen) atoms. The highest BCUT2D eigenvalue weighted by molar-refractivity contribution is 7.88. The number of rotatable bonds is 7. The van der Waals surface area contributed by atoms with Gasteiger partial charge in [0.2, 0.25) is 10.0 Å². The van der Waals surface area contributed by atoms with Crippen LogP contribution < -0.4 is 0 Å². The maximum Gasteiger partial charge on any atom is 0.350 e. The summed E-state index contributed by atoms with van der Waals surface area (Å²) >= 11 is 1.02. The van der Waals surface area contributed by atoms with Crippen LogP contribution in [0.2, 0.25) is 0 Å². The SMILES string of the molecule is CCc1nc2ccc(C3CCN(S(C)(=O)=O)CC3)cn2c1-c1ccc(-c2nc(-c3ccc(F)cc3)c(C(=O)OC)s2)c(F)c1C. The molecule has 1 fully saturated rings. The fraction of sp³-hybridized carbons (Fsp3) is 0.303. The van der Waals surface area contributed by atoms with Gasteiger partial charge in [-0.05, 0) is 79.6 Å². The Morgan fingerprint density at radius 1 is 1.02 bits per heavy atom. The second-order valence-electron chi connectivity index (χ2n) is 11.2. The Balaban J connectivity index is 1.40. The van der Waals surface area contributed by atoms with Crippen LogP contribution in [0.4, 0.5) is 8.78 Å². The number of carbonyl (C=O) groups excluding carboxylic acids is 1. The van der Waals surface area contributed by atoms with Crippen molar-refractivity contribution in [2.24, 2.45) is 0 Å². The number of aromatic nitrogens is 3. The molecule has 0 spiro atoms. The van der Waals surface area contributed by atoms with E-state index < -0.39 is 27.6 Å². The molecule has 234 valence electrons. The molecule has 3 aromatic heterocycles. The van der Waals surface area contributed by atoms with Crippen LogP contribution in [0.15, 0.2) is 54.7 Å². The van der Waals surface area contributed by atoms with Crippen molar-refractivity contribution < 1.29 is 26.7 Å². The number of imidazole rings is 1. The lowest BCUT2D eigenvalue weighted by atomic mass is 9.91. The Labute approximate surface area is 264 Å². The smallest absolute Gasteiger partial charge is 0.350 e. The van der Waals surface area contributed by atoms with E-state index in [1.54, 1.807) is 13.0 Å². The minimum absolute atomic E-state index is 0.192. The molecule has 6 rings (SSSR count). The number of nitrogens with zero attached hydrogens (tertiary/aromatic N) is 4. The molecular weight excluding hydrogens is 619 g/mol. The van der Waals surface area contributed by atoms with Gasteiger partial charge < -0.3 is 4.74 Å². The van der Waals surface area contributed by atoms with E-state index in [0.717, 1.165) is 33.9 Å². The van der Waals surface area contributed by atoms with Crippen molar-refractivity contribution in [1.82, 2.24) is 18.7 Å². The number of methoxy groups -OCH3 is 1. The maximum atomic E-state index is 16.3. The standard InChI is InChI=1S/C33H32F2N4O4S2/c1-5-26-30(39-18-22(8-13-27(39)36-26)20-14-16-38(17-15-20)45(4,41)42)24-11-12-25(28(35)19(24)2)32-37-29(31(44-32)33(40)43-3)21-6-9-23(34)10-7-21/h6-13,18,20H,5,14-17H2,1-4H3. The van der Waals surface area contributed by atoms with Crippen molar-refractivity contribution in [3.05, 3.63) is 88.1 Å². The molecule has 4 heterocycles. The maximum absolute atomic E-state index is 16.3. The number of benzene rings is 2. The number of thiazole rings is 1. The Hall–Kier alpha value is -4.00. The summed E-state index contributed by atoms with van der Waals surface area (Å²) in [6, 6.07) is 13.1. The zero-order valence-electron chi connectivity index (χ0n) is 25.3. The van der Waals surface area contributed by atoms with Gasteiger partial charge in [0.15, 0.2) is 0 Å². The van der Waals surface area contributed by atoms with Crippen molar-refractivity contribution in [3.8, 4) is 33.1 Å². The number of sulfonamides is 1. The van der Waals surface area contributed by atoms with Gasteiger partial charge in [0.1, 0.15) is 27.2 Å². The van der Waals surface area contributed by atoms with E-state index >= 15 is 4.39 Å². The number of piperidine rings is 1. The topological polar surface area (TPSA) is 93.9 Å². The zero-order chi connectivity index (χ0) is 32.0. The molecule has 2 aromatic carbocycles. The highest BCUT2D eigenvalue weighted by Gasteiger charge is 2.28. The number of pyridine rings is 1. The normalized spacial score (nSPS) is 14.7. The molecule has 1 aliphatic heterocycles. The van der Waals surface area contributed by atoms with Crippen LogP contribution in [0.25, 0.3) is 38.7 Å². The molecule has 0 atom stereocenters. The number of hydrogen-bond acceptors (Lipinski definition) is 7. The third-order valence-corrected chi connectivity index (χ3v) is 10.8. The molecule has 0 radical (unpaired) electrons. The van der Waals surface area contributed by atoms with Crippen molar-refractivity contribution in [2.75, 3.05) is 26.5 Å². The van der Waals surface area contributed by atoms with Gasteiger partial charge in [0.05, 0.1) is 30.4 Å². The first-order valence-corrected chi connectivity index (χ1v) is 17.3. The van der Waals surface area contributed by atoms with E-state index in [-0.39, 0.29) is 16.4 Å². The number of aryl methyl sites for hydroxylation is 1. The summed E-state index contributed by atoms with van der Waals surface area (Å²) in [5.74, 6) is -1.31. The molecule has 12 heteroatoms. The first-order chi connectivity index (χ1) is 21.5. The van der Waals surface area contributed by atoms with Gasteiger partial charge in [-0.3, -0.25) is 4.40 Å². The molecule has 1 aliphatic rings. The molecule has 0 aliphatic carbocycles. The van der Waals surface area contributed by atoms with Crippen LogP contribution in [0, 0.1) is 18.6 Å². The van der Waals surface area contributed by atoms with E-state index in [0.29, 0.717) is 59.7 Å². The average Bonchev–Trinajstić information content (AvgIpc) is 3.64. The van der Waals surface area contributed by atoms with Crippen LogP contribution in [-0.2, 0) is 21.2 Å². The fourth-order valence-electron chi connectivity index (χ4n) is 5.98. The Kier molecular flexibility index (Phi) is 8.31. The van der Waals surface area contributed by atoms with Crippen LogP contribution in [0.5, 0.6) is 0 Å². The minimum Gasteiger partial charge on any atom is -0.465 e. The summed E-state index contributed by atoms with van der Waals surface area (Å²) < 4.78 is 62.3. The fourth-order valence-corrected chi connectivity index (χ4v) is 7.88. The van der Waals surface area contributed by atoms with Crippen LogP contribution in [0.1, 0.15) is 52.2 Å². The van der Waals surface area contributed by atoms with Crippen molar-refractivity contribution in [3.63, 3.8) is 0 Å². The molecule has 1 saturated heterocycles. The zero-order valence-corrected chi connectivity index (χ0v) is 26.9. The quantitative estimate of drug-likeness (QED) is 0.179. The molecule has 0 amide bonds. The molecule has 5 aromatic rings. The summed E-state index contributed by atoms with van der Waals surface area (Å²) in [6.45, 7) is 4.67. The first-order valence-electron chi connectivity index (χ1n) is 14.6. The average molecular weight is 651 g/mol. The van der Waals surface area contributed by atoms with E-state index in [9.17, 15) is 17.6 Å². The van der Waals surface area contributed by atoms with Gasteiger partial charge in [0, 0.05) is 36.0 Å². The highest BCUT2D eigenvalue weighted by Crippen LogP contribution is 2.39. The number of halogens is 2. The predicted octanol–water partition coefficient (Wildman–Crippen LogP) is 6.87. The number of carbonyl (C=O) groups is 1. The van der Waals surface area contributed by atoms with Crippen LogP contribution >= 0.6 is 11.3 Å². The van der Waals surface area contributed by atoms with Crippen LogP contribution in [0.3, 0.4) is 0 Å². The van der Waals surface area contributed by atoms with E-state index in [1.807, 2.05) is 35.7 Å². The molecule has 0 bridgehead atoms. The Morgan fingerprint density at radius 2 is 1.71 bits per heavy atom. The Bertz CT molecular complexity index is 2030. The van der Waals surface area contributed by atoms with Crippen LogP contribution in [-0.4, -0.2) is 59.5 Å².